The van der Waals surface area contributed by atoms with E-state index in [9.17, 15) is 0 Å². The molecule has 0 unspecified atom stereocenters. The van der Waals surface area contributed by atoms with Gasteiger partial charge in [-0.3, -0.25) is 9.88 Å². The molecule has 0 aliphatic carbocycles. The van der Waals surface area contributed by atoms with Crippen LogP contribution in [0, 0.1) is 0 Å². The first kappa shape index (κ1) is 17.1. The van der Waals surface area contributed by atoms with Crippen molar-refractivity contribution in [3.8, 4) is 11.5 Å². The van der Waals surface area contributed by atoms with Gasteiger partial charge in [-0.25, -0.2) is 0 Å². The van der Waals surface area contributed by atoms with Gasteiger partial charge < -0.3 is 19.7 Å². The number of hydrogen-bond acceptors (Lipinski definition) is 5. The van der Waals surface area contributed by atoms with Crippen LogP contribution in [-0.4, -0.2) is 52.9 Å². The highest BCUT2D eigenvalue weighted by atomic mass is 32.1. The number of nitrogens with zero attached hydrogens (tertiary/aromatic N) is 3. The van der Waals surface area contributed by atoms with Gasteiger partial charge in [0.1, 0.15) is 0 Å². The van der Waals surface area contributed by atoms with Crippen LogP contribution in [0.2, 0.25) is 0 Å². The topological polar surface area (TPSA) is 49.9 Å². The number of fused-ring (bicyclic) bond motifs is 1. The number of nitrogens with one attached hydrogen (secondary N) is 1. The summed E-state index contributed by atoms with van der Waals surface area (Å²) < 4.78 is 10.8. The zero-order chi connectivity index (χ0) is 17.8. The van der Waals surface area contributed by atoms with Crippen LogP contribution in [0.3, 0.4) is 0 Å². The maximum atomic E-state index is 5.57. The lowest BCUT2D eigenvalue weighted by atomic mass is 10.2. The first-order chi connectivity index (χ1) is 12.8. The van der Waals surface area contributed by atoms with Crippen molar-refractivity contribution in [2.24, 2.45) is 0 Å². The van der Waals surface area contributed by atoms with E-state index >= 15 is 0 Å². The Morgan fingerprint density at radius 3 is 2.58 bits per heavy atom. The number of aromatic nitrogens is 1. The van der Waals surface area contributed by atoms with Crippen LogP contribution in [0.25, 0.3) is 0 Å². The Kier molecular flexibility index (Phi) is 5.17. The van der Waals surface area contributed by atoms with Gasteiger partial charge in [-0.15, -0.1) is 0 Å². The third-order valence-corrected chi connectivity index (χ3v) is 5.10. The second kappa shape index (κ2) is 7.88. The molecule has 1 saturated heterocycles. The molecule has 7 heteroatoms. The average molecular weight is 370 g/mol. The Balaban J connectivity index is 1.23. The van der Waals surface area contributed by atoms with Crippen LogP contribution in [-0.2, 0) is 13.1 Å². The Hall–Kier alpha value is -2.38. The molecule has 0 bridgehead atoms. The minimum absolute atomic E-state index is 0.300. The Labute approximate surface area is 158 Å². The lowest BCUT2D eigenvalue weighted by molar-refractivity contribution is 0.173. The normalized spacial score (nSPS) is 16.5. The van der Waals surface area contributed by atoms with Crippen LogP contribution in [0.4, 0.5) is 0 Å². The van der Waals surface area contributed by atoms with Gasteiger partial charge in [-0.1, -0.05) is 6.07 Å². The highest BCUT2D eigenvalue weighted by Gasteiger charge is 2.19. The van der Waals surface area contributed by atoms with Gasteiger partial charge in [0, 0.05) is 51.7 Å². The summed E-state index contributed by atoms with van der Waals surface area (Å²) in [5, 5.41) is 4.17. The molecule has 0 atom stereocenters. The van der Waals surface area contributed by atoms with Crippen molar-refractivity contribution >= 4 is 17.3 Å². The molecule has 1 fully saturated rings. The summed E-state index contributed by atoms with van der Waals surface area (Å²) in [5.74, 6) is 1.61. The molecule has 0 saturated carbocycles. The van der Waals surface area contributed by atoms with Crippen molar-refractivity contribution in [3.63, 3.8) is 0 Å². The van der Waals surface area contributed by atoms with Gasteiger partial charge >= 0.3 is 0 Å². The highest BCUT2D eigenvalue weighted by molar-refractivity contribution is 7.80. The van der Waals surface area contributed by atoms with Gasteiger partial charge in [0.2, 0.25) is 6.79 Å². The van der Waals surface area contributed by atoms with Crippen LogP contribution >= 0.6 is 12.2 Å². The molecule has 1 aromatic carbocycles. The summed E-state index contributed by atoms with van der Waals surface area (Å²) in [4.78, 5) is 8.76. The van der Waals surface area contributed by atoms with Gasteiger partial charge in [-0.2, -0.15) is 0 Å². The predicted molar refractivity (Wildman–Crippen MR) is 103 cm³/mol. The Morgan fingerprint density at radius 1 is 1.00 bits per heavy atom. The summed E-state index contributed by atoms with van der Waals surface area (Å²) in [7, 11) is 0. The monoisotopic (exact) mass is 370 g/mol. The smallest absolute Gasteiger partial charge is 0.231 e. The van der Waals surface area contributed by atoms with E-state index in [1.54, 1.807) is 0 Å². The second-order valence-electron chi connectivity index (χ2n) is 6.46. The molecule has 0 spiro atoms. The molecule has 4 rings (SSSR count). The molecule has 3 heterocycles. The number of ether oxygens (including phenoxy) is 2. The number of pyridine rings is 1. The van der Waals surface area contributed by atoms with Crippen LogP contribution in [0.5, 0.6) is 11.5 Å². The van der Waals surface area contributed by atoms with E-state index in [1.165, 1.54) is 5.56 Å². The van der Waals surface area contributed by atoms with E-state index in [0.717, 1.165) is 54.9 Å². The SMILES string of the molecule is S=C(NCc1ccc2c(c1)OCO2)N1CCN(Cc2ccncc2)CC1. The largest absolute Gasteiger partial charge is 0.454 e. The van der Waals surface area contributed by atoms with Gasteiger partial charge in [-0.05, 0) is 47.6 Å². The molecular formula is C19H22N4O2S. The molecule has 2 aromatic rings. The molecular weight excluding hydrogens is 348 g/mol. The van der Waals surface area contributed by atoms with Gasteiger partial charge in [0.25, 0.3) is 0 Å². The van der Waals surface area contributed by atoms with Crippen molar-refractivity contribution in [2.45, 2.75) is 13.1 Å². The minimum Gasteiger partial charge on any atom is -0.454 e. The zero-order valence-electron chi connectivity index (χ0n) is 14.6. The molecule has 1 N–H and O–H groups in total. The number of rotatable bonds is 4. The molecule has 26 heavy (non-hydrogen) atoms. The fraction of sp³-hybridized carbons (Fsp3) is 0.368. The summed E-state index contributed by atoms with van der Waals surface area (Å²) in [6.45, 7) is 5.85. The van der Waals surface area contributed by atoms with Crippen molar-refractivity contribution in [3.05, 3.63) is 53.9 Å². The first-order valence-corrected chi connectivity index (χ1v) is 9.21. The van der Waals surface area contributed by atoms with Crippen molar-refractivity contribution in [1.82, 2.24) is 20.1 Å². The summed E-state index contributed by atoms with van der Waals surface area (Å²) in [6, 6.07) is 10.1. The summed E-state index contributed by atoms with van der Waals surface area (Å²) >= 11 is 5.57. The van der Waals surface area contributed by atoms with Crippen molar-refractivity contribution < 1.29 is 9.47 Å². The molecule has 0 amide bonds. The van der Waals surface area contributed by atoms with Gasteiger partial charge in [0.15, 0.2) is 16.6 Å². The number of piperazine rings is 1. The van der Waals surface area contributed by atoms with E-state index in [-0.39, 0.29) is 0 Å². The Bertz CT molecular complexity index is 763. The Morgan fingerprint density at radius 2 is 1.77 bits per heavy atom. The van der Waals surface area contributed by atoms with Crippen LogP contribution < -0.4 is 14.8 Å². The third kappa shape index (κ3) is 4.05. The predicted octanol–water partition coefficient (Wildman–Crippen LogP) is 2.00. The molecule has 1 aromatic heterocycles. The molecule has 136 valence electrons. The third-order valence-electron chi connectivity index (χ3n) is 4.70. The van der Waals surface area contributed by atoms with E-state index in [4.69, 9.17) is 21.7 Å². The zero-order valence-corrected chi connectivity index (χ0v) is 15.4. The van der Waals surface area contributed by atoms with E-state index in [0.29, 0.717) is 13.3 Å². The number of thiocarbonyl (C=S) groups is 1. The number of hydrogen-bond donors (Lipinski definition) is 1. The minimum atomic E-state index is 0.300. The standard InChI is InChI=1S/C19H22N4O2S/c26-19(21-12-16-1-2-17-18(11-16)25-14-24-17)23-9-7-22(8-10-23)13-15-3-5-20-6-4-15/h1-6,11H,7-10,12-14H2,(H,21,26). The average Bonchev–Trinajstić information content (AvgIpc) is 3.15. The maximum Gasteiger partial charge on any atom is 0.231 e. The summed E-state index contributed by atoms with van der Waals surface area (Å²) in [6.07, 6.45) is 3.70. The van der Waals surface area contributed by atoms with Crippen molar-refractivity contribution in [2.75, 3.05) is 33.0 Å². The van der Waals surface area contributed by atoms with E-state index in [2.05, 4.69) is 32.2 Å². The molecule has 2 aliphatic heterocycles. The molecule has 6 nitrogen and oxygen atoms in total. The highest BCUT2D eigenvalue weighted by Crippen LogP contribution is 2.32. The second-order valence-corrected chi connectivity index (χ2v) is 6.85. The van der Waals surface area contributed by atoms with E-state index in [1.807, 2.05) is 30.6 Å². The summed E-state index contributed by atoms with van der Waals surface area (Å²) in [5.41, 5.74) is 2.44. The van der Waals surface area contributed by atoms with Crippen LogP contribution in [0.1, 0.15) is 11.1 Å². The quantitative estimate of drug-likeness (QED) is 0.826. The first-order valence-electron chi connectivity index (χ1n) is 8.80. The fourth-order valence-electron chi connectivity index (χ4n) is 3.20. The maximum absolute atomic E-state index is 5.57. The van der Waals surface area contributed by atoms with Gasteiger partial charge in [0.05, 0.1) is 0 Å². The molecule has 0 radical (unpaired) electrons. The molecule has 2 aliphatic rings. The van der Waals surface area contributed by atoms with Crippen LogP contribution in [0.15, 0.2) is 42.7 Å². The lowest BCUT2D eigenvalue weighted by Gasteiger charge is -2.36. The lowest BCUT2D eigenvalue weighted by Crippen LogP contribution is -2.51. The van der Waals surface area contributed by atoms with Crippen molar-refractivity contribution in [1.29, 1.82) is 0 Å². The number of benzene rings is 1. The fourth-order valence-corrected chi connectivity index (χ4v) is 3.45. The van der Waals surface area contributed by atoms with E-state index < -0.39 is 0 Å².